The second-order valence-electron chi connectivity index (χ2n) is 9.65. The van der Waals surface area contributed by atoms with E-state index in [9.17, 15) is 8.42 Å². The Morgan fingerprint density at radius 1 is 1.11 bits per heavy atom. The number of fused-ring (bicyclic) bond motifs is 1. The maximum absolute atomic E-state index is 12.0. The summed E-state index contributed by atoms with van der Waals surface area (Å²) in [4.78, 5) is 18.9. The van der Waals surface area contributed by atoms with Crippen molar-refractivity contribution in [2.45, 2.75) is 25.5 Å². The van der Waals surface area contributed by atoms with Crippen LogP contribution in [0, 0.1) is 0 Å². The normalized spacial score (nSPS) is 17.6. The van der Waals surface area contributed by atoms with E-state index in [1.54, 1.807) is 19.4 Å². The first-order valence-electron chi connectivity index (χ1n) is 12.7. The average molecular weight is 543 g/mol. The van der Waals surface area contributed by atoms with Crippen LogP contribution >= 0.6 is 0 Å². The van der Waals surface area contributed by atoms with Crippen LogP contribution in [0.25, 0.3) is 22.2 Å². The quantitative estimate of drug-likeness (QED) is 0.455. The number of aromatic nitrogens is 3. The smallest absolute Gasteiger partial charge is 0.238 e. The van der Waals surface area contributed by atoms with Gasteiger partial charge >= 0.3 is 0 Å². The SMILES string of the molecule is COc1ncc(-c2nc(N3CCOCC3)nc3c(CN4CCC(OC)CC4)cccc23)cc1NS(C)(=O)=O. The minimum Gasteiger partial charge on any atom is -0.480 e. The molecule has 11 nitrogen and oxygen atoms in total. The highest BCUT2D eigenvalue weighted by Crippen LogP contribution is 2.34. The molecule has 0 atom stereocenters. The third-order valence-corrected chi connectivity index (χ3v) is 7.56. The zero-order chi connectivity index (χ0) is 26.7. The number of pyridine rings is 1. The summed E-state index contributed by atoms with van der Waals surface area (Å²) in [6, 6.07) is 7.85. The summed E-state index contributed by atoms with van der Waals surface area (Å²) in [7, 11) is -0.313. The standard InChI is InChI=1S/C26H34N6O5S/c1-35-20-7-9-31(10-8-20)17-18-5-4-6-21-23(18)28-26(32-11-13-37-14-12-32)29-24(21)19-15-22(30-38(3,33)34)25(36-2)27-16-19/h4-6,15-16,20,30H,7-14,17H2,1-3H3. The number of methoxy groups -OCH3 is 2. The molecule has 0 radical (unpaired) electrons. The van der Waals surface area contributed by atoms with E-state index in [1.165, 1.54) is 7.11 Å². The fourth-order valence-electron chi connectivity index (χ4n) is 5.01. The van der Waals surface area contributed by atoms with Crippen molar-refractivity contribution in [3.05, 3.63) is 36.0 Å². The topological polar surface area (TPSA) is 119 Å². The fraction of sp³-hybridized carbons (Fsp3) is 0.500. The van der Waals surface area contributed by atoms with Crippen molar-refractivity contribution in [2.24, 2.45) is 0 Å². The summed E-state index contributed by atoms with van der Waals surface area (Å²) >= 11 is 0. The van der Waals surface area contributed by atoms with Crippen LogP contribution in [0.2, 0.25) is 0 Å². The number of sulfonamides is 1. The molecule has 2 aromatic heterocycles. The summed E-state index contributed by atoms with van der Waals surface area (Å²) in [6.07, 6.45) is 5.08. The van der Waals surface area contributed by atoms with Gasteiger partial charge in [0.1, 0.15) is 5.69 Å². The van der Waals surface area contributed by atoms with Crippen LogP contribution in [-0.2, 0) is 26.0 Å². The predicted molar refractivity (Wildman–Crippen MR) is 146 cm³/mol. The maximum atomic E-state index is 12.0. The molecule has 0 saturated carbocycles. The second kappa shape index (κ2) is 11.4. The Balaban J connectivity index is 1.60. The minimum absolute atomic E-state index is 0.186. The number of morpholine rings is 1. The van der Waals surface area contributed by atoms with Crippen LogP contribution in [-0.4, -0.2) is 94.2 Å². The van der Waals surface area contributed by atoms with Gasteiger partial charge in [0.2, 0.25) is 21.9 Å². The van der Waals surface area contributed by atoms with E-state index in [2.05, 4.69) is 25.6 Å². The average Bonchev–Trinajstić information content (AvgIpc) is 2.93. The molecule has 38 heavy (non-hydrogen) atoms. The molecule has 0 amide bonds. The molecular weight excluding hydrogens is 508 g/mol. The lowest BCUT2D eigenvalue weighted by atomic mass is 10.0. The van der Waals surface area contributed by atoms with Crippen molar-refractivity contribution in [3.8, 4) is 17.1 Å². The number of piperidine rings is 1. The van der Waals surface area contributed by atoms with Crippen LogP contribution in [0.1, 0.15) is 18.4 Å². The van der Waals surface area contributed by atoms with Gasteiger partial charge in [0.15, 0.2) is 0 Å². The Labute approximate surface area is 223 Å². The van der Waals surface area contributed by atoms with E-state index in [-0.39, 0.29) is 11.6 Å². The van der Waals surface area contributed by atoms with Crippen LogP contribution < -0.4 is 14.4 Å². The highest BCUT2D eigenvalue weighted by Gasteiger charge is 2.23. The molecule has 0 bridgehead atoms. The van der Waals surface area contributed by atoms with Gasteiger partial charge in [-0.2, -0.15) is 0 Å². The highest BCUT2D eigenvalue weighted by atomic mass is 32.2. The first-order chi connectivity index (χ1) is 18.3. The molecule has 3 aromatic rings. The Hall–Kier alpha value is -3.06. The predicted octanol–water partition coefficient (Wildman–Crippen LogP) is 2.52. The van der Waals surface area contributed by atoms with Gasteiger partial charge in [-0.25, -0.2) is 23.4 Å². The summed E-state index contributed by atoms with van der Waals surface area (Å²) in [5.74, 6) is 0.806. The molecule has 0 spiro atoms. The Morgan fingerprint density at radius 2 is 1.87 bits per heavy atom. The van der Waals surface area contributed by atoms with E-state index in [1.807, 2.05) is 12.1 Å². The van der Waals surface area contributed by atoms with Crippen molar-refractivity contribution in [1.29, 1.82) is 0 Å². The van der Waals surface area contributed by atoms with Gasteiger partial charge in [-0.3, -0.25) is 9.62 Å². The summed E-state index contributed by atoms with van der Waals surface area (Å²) in [5, 5.41) is 0.878. The van der Waals surface area contributed by atoms with E-state index >= 15 is 0 Å². The van der Waals surface area contributed by atoms with E-state index in [0.29, 0.717) is 49.6 Å². The van der Waals surface area contributed by atoms with Gasteiger partial charge < -0.3 is 19.1 Å². The van der Waals surface area contributed by atoms with Gasteiger partial charge in [0, 0.05) is 57.0 Å². The number of anilines is 2. The first-order valence-corrected chi connectivity index (χ1v) is 14.6. The van der Waals surface area contributed by atoms with Crippen LogP contribution in [0.15, 0.2) is 30.5 Å². The van der Waals surface area contributed by atoms with E-state index in [0.717, 1.165) is 55.2 Å². The summed E-state index contributed by atoms with van der Waals surface area (Å²) in [6.45, 7) is 5.31. The Kier molecular flexibility index (Phi) is 7.93. The van der Waals surface area contributed by atoms with Crippen LogP contribution in [0.4, 0.5) is 11.6 Å². The number of likely N-dealkylation sites (tertiary alicyclic amines) is 1. The van der Waals surface area contributed by atoms with Gasteiger partial charge in [-0.05, 0) is 24.5 Å². The molecule has 0 unspecified atom stereocenters. The number of hydrogen-bond acceptors (Lipinski definition) is 10. The van der Waals surface area contributed by atoms with Crippen molar-refractivity contribution in [2.75, 3.05) is 69.5 Å². The number of para-hydroxylation sites is 1. The largest absolute Gasteiger partial charge is 0.480 e. The van der Waals surface area contributed by atoms with Gasteiger partial charge in [0.05, 0.1) is 43.9 Å². The Bertz CT molecular complexity index is 1390. The van der Waals surface area contributed by atoms with Crippen LogP contribution in [0.3, 0.4) is 0 Å². The second-order valence-corrected chi connectivity index (χ2v) is 11.4. The number of nitrogens with zero attached hydrogens (tertiary/aromatic N) is 5. The van der Waals surface area contributed by atoms with Gasteiger partial charge in [0.25, 0.3) is 0 Å². The molecule has 1 aromatic carbocycles. The lowest BCUT2D eigenvalue weighted by molar-refractivity contribution is 0.0390. The molecule has 0 aliphatic carbocycles. The van der Waals surface area contributed by atoms with Crippen molar-refractivity contribution in [3.63, 3.8) is 0 Å². The summed E-state index contributed by atoms with van der Waals surface area (Å²) < 4.78 is 42.9. The number of rotatable bonds is 8. The monoisotopic (exact) mass is 542 g/mol. The lowest BCUT2D eigenvalue weighted by Crippen LogP contribution is -2.37. The number of ether oxygens (including phenoxy) is 3. The molecule has 204 valence electrons. The van der Waals surface area contributed by atoms with Gasteiger partial charge in [-0.15, -0.1) is 0 Å². The third kappa shape index (κ3) is 5.98. The molecule has 2 saturated heterocycles. The van der Waals surface area contributed by atoms with E-state index < -0.39 is 10.0 Å². The van der Waals surface area contributed by atoms with Crippen molar-refractivity contribution < 1.29 is 22.6 Å². The maximum Gasteiger partial charge on any atom is 0.238 e. The molecule has 2 aliphatic rings. The molecule has 1 N–H and O–H groups in total. The molecule has 2 aliphatic heterocycles. The zero-order valence-electron chi connectivity index (χ0n) is 22.0. The summed E-state index contributed by atoms with van der Waals surface area (Å²) in [5.41, 5.74) is 3.60. The van der Waals surface area contributed by atoms with Gasteiger partial charge in [-0.1, -0.05) is 18.2 Å². The minimum atomic E-state index is -3.54. The highest BCUT2D eigenvalue weighted by molar-refractivity contribution is 7.92. The van der Waals surface area contributed by atoms with Crippen LogP contribution in [0.5, 0.6) is 5.88 Å². The molecule has 2 fully saturated rings. The Morgan fingerprint density at radius 3 is 2.55 bits per heavy atom. The first kappa shape index (κ1) is 26.5. The number of nitrogens with one attached hydrogen (secondary N) is 1. The fourth-order valence-corrected chi connectivity index (χ4v) is 5.56. The molecule has 5 rings (SSSR count). The molecular formula is C26H34N6O5S. The number of hydrogen-bond donors (Lipinski definition) is 1. The van der Waals surface area contributed by atoms with Crippen molar-refractivity contribution >= 4 is 32.6 Å². The number of benzene rings is 1. The third-order valence-electron chi connectivity index (χ3n) is 6.97. The van der Waals surface area contributed by atoms with Crippen molar-refractivity contribution in [1.82, 2.24) is 19.9 Å². The zero-order valence-corrected chi connectivity index (χ0v) is 22.8. The van der Waals surface area contributed by atoms with E-state index in [4.69, 9.17) is 24.2 Å². The molecule has 12 heteroatoms. The lowest BCUT2D eigenvalue weighted by Gasteiger charge is -2.31. The molecule has 4 heterocycles.